The predicted molar refractivity (Wildman–Crippen MR) is 42.1 cm³/mol. The second-order valence-electron chi connectivity index (χ2n) is 1.30. The number of thiocarbonyl (C=S) groups is 1. The fraction of sp³-hybridized carbons (Fsp3) is 0.750. The summed E-state index contributed by atoms with van der Waals surface area (Å²) in [5, 5.41) is 0. The molecule has 0 N–H and O–H groups in total. The molecule has 1 aliphatic heterocycles. The van der Waals surface area contributed by atoms with Gasteiger partial charge in [0.2, 0.25) is 0 Å². The monoisotopic (exact) mass is 150 g/mol. The van der Waals surface area contributed by atoms with Gasteiger partial charge < -0.3 is 0 Å². The van der Waals surface area contributed by atoms with E-state index in [1.165, 1.54) is 17.9 Å². The van der Waals surface area contributed by atoms with E-state index in [-0.39, 0.29) is 0 Å². The van der Waals surface area contributed by atoms with Crippen LogP contribution in [0.25, 0.3) is 0 Å². The molecule has 1 heterocycles. The van der Waals surface area contributed by atoms with Gasteiger partial charge in [-0.15, -0.1) is 23.5 Å². The van der Waals surface area contributed by atoms with E-state index in [2.05, 4.69) is 0 Å². The molecule has 0 bridgehead atoms. The summed E-state index contributed by atoms with van der Waals surface area (Å²) in [7, 11) is 0. The molecule has 3 heteroatoms. The lowest BCUT2D eigenvalue weighted by Gasteiger charge is -2.07. The van der Waals surface area contributed by atoms with Gasteiger partial charge in [0.1, 0.15) is 3.53 Å². The van der Waals surface area contributed by atoms with Crippen LogP contribution in [0.2, 0.25) is 0 Å². The van der Waals surface area contributed by atoms with Crippen molar-refractivity contribution in [2.75, 3.05) is 11.5 Å². The van der Waals surface area contributed by atoms with Crippen molar-refractivity contribution in [2.24, 2.45) is 0 Å². The summed E-state index contributed by atoms with van der Waals surface area (Å²) in [6.07, 6.45) is 1.33. The second kappa shape index (κ2) is 2.95. The van der Waals surface area contributed by atoms with Gasteiger partial charge in [0.15, 0.2) is 0 Å². The van der Waals surface area contributed by atoms with Gasteiger partial charge >= 0.3 is 0 Å². The third-order valence-corrected chi connectivity index (χ3v) is 3.60. The zero-order valence-electron chi connectivity index (χ0n) is 3.85. The average Bonchev–Trinajstić information content (AvgIpc) is 1.69. The maximum absolute atomic E-state index is 4.93. The molecule has 0 unspecified atom stereocenters. The van der Waals surface area contributed by atoms with Gasteiger partial charge in [0, 0.05) is 11.5 Å². The minimum atomic E-state index is 1.13. The Morgan fingerprint density at radius 1 is 1.29 bits per heavy atom. The molecule has 0 aliphatic carbocycles. The molecule has 0 aromatic carbocycles. The highest BCUT2D eigenvalue weighted by atomic mass is 32.2. The van der Waals surface area contributed by atoms with Gasteiger partial charge in [-0.2, -0.15) is 0 Å². The minimum absolute atomic E-state index is 1.13. The van der Waals surface area contributed by atoms with Crippen molar-refractivity contribution in [1.82, 2.24) is 0 Å². The zero-order chi connectivity index (χ0) is 5.11. The van der Waals surface area contributed by atoms with Gasteiger partial charge in [0.25, 0.3) is 0 Å². The smallest absolute Gasteiger partial charge is 0.104 e. The number of thioether (sulfide) groups is 2. The first-order valence-corrected chi connectivity index (χ1v) is 4.57. The van der Waals surface area contributed by atoms with Crippen LogP contribution in [0.1, 0.15) is 6.42 Å². The number of hydrogen-bond acceptors (Lipinski definition) is 3. The molecule has 1 rings (SSSR count). The standard InChI is InChI=1S/C4H6S3/c5-4-6-2-1-3-7-4/h1-3H2. The fourth-order valence-corrected chi connectivity index (χ4v) is 2.84. The van der Waals surface area contributed by atoms with E-state index in [1.54, 1.807) is 0 Å². The zero-order valence-corrected chi connectivity index (χ0v) is 6.30. The molecule has 0 amide bonds. The highest BCUT2D eigenvalue weighted by molar-refractivity contribution is 8.47. The summed E-state index contributed by atoms with van der Waals surface area (Å²) in [6, 6.07) is 0. The molecule has 0 spiro atoms. The van der Waals surface area contributed by atoms with Crippen molar-refractivity contribution in [1.29, 1.82) is 0 Å². The Bertz CT molecular complexity index is 71.0. The van der Waals surface area contributed by atoms with Crippen LogP contribution in [0.4, 0.5) is 0 Å². The molecule has 0 aromatic heterocycles. The van der Waals surface area contributed by atoms with Crippen LogP contribution < -0.4 is 0 Å². The van der Waals surface area contributed by atoms with Crippen molar-refractivity contribution in [3.63, 3.8) is 0 Å². The third-order valence-electron chi connectivity index (χ3n) is 0.729. The van der Waals surface area contributed by atoms with Crippen LogP contribution in [0.3, 0.4) is 0 Å². The molecule has 0 nitrogen and oxygen atoms in total. The molecular formula is C4H6S3. The van der Waals surface area contributed by atoms with Crippen LogP contribution in [0.5, 0.6) is 0 Å². The predicted octanol–water partition coefficient (Wildman–Crippen LogP) is 2.14. The molecular weight excluding hydrogens is 144 g/mol. The molecule has 1 fully saturated rings. The molecule has 1 aliphatic rings. The van der Waals surface area contributed by atoms with E-state index in [9.17, 15) is 0 Å². The Kier molecular flexibility index (Phi) is 2.49. The molecule has 0 atom stereocenters. The molecule has 0 aromatic rings. The lowest BCUT2D eigenvalue weighted by atomic mass is 10.6. The summed E-state index contributed by atoms with van der Waals surface area (Å²) >= 11 is 8.56. The fourth-order valence-electron chi connectivity index (χ4n) is 0.412. The summed E-state index contributed by atoms with van der Waals surface area (Å²) in [5.41, 5.74) is 0. The van der Waals surface area contributed by atoms with E-state index in [4.69, 9.17) is 12.2 Å². The summed E-state index contributed by atoms with van der Waals surface area (Å²) in [5.74, 6) is 2.48. The highest BCUT2D eigenvalue weighted by Gasteiger charge is 2.03. The van der Waals surface area contributed by atoms with Crippen molar-refractivity contribution in [3.8, 4) is 0 Å². The number of rotatable bonds is 0. The molecule has 40 valence electrons. The molecule has 0 saturated carbocycles. The van der Waals surface area contributed by atoms with E-state index >= 15 is 0 Å². The first-order chi connectivity index (χ1) is 3.39. The van der Waals surface area contributed by atoms with Crippen LogP contribution >= 0.6 is 35.7 Å². The Morgan fingerprint density at radius 2 is 1.86 bits per heavy atom. The summed E-state index contributed by atoms with van der Waals surface area (Å²) in [4.78, 5) is 0. The summed E-state index contributed by atoms with van der Waals surface area (Å²) in [6.45, 7) is 0. The first kappa shape index (κ1) is 5.92. The van der Waals surface area contributed by atoms with E-state index in [0.29, 0.717) is 0 Å². The first-order valence-electron chi connectivity index (χ1n) is 2.19. The van der Waals surface area contributed by atoms with Gasteiger partial charge in [-0.05, 0) is 6.42 Å². The largest absolute Gasteiger partial charge is 0.108 e. The topological polar surface area (TPSA) is 0 Å². The Labute approximate surface area is 57.4 Å². The maximum Gasteiger partial charge on any atom is 0.104 e. The van der Waals surface area contributed by atoms with E-state index in [0.717, 1.165) is 3.53 Å². The Hall–Kier alpha value is 0.790. The molecule has 0 radical (unpaired) electrons. The van der Waals surface area contributed by atoms with Crippen molar-refractivity contribution in [3.05, 3.63) is 0 Å². The van der Waals surface area contributed by atoms with Crippen molar-refractivity contribution in [2.45, 2.75) is 6.42 Å². The SMILES string of the molecule is S=C1SCCCS1. The van der Waals surface area contributed by atoms with Crippen LogP contribution in [-0.4, -0.2) is 15.0 Å². The number of hydrogen-bond donors (Lipinski definition) is 0. The second-order valence-corrected chi connectivity index (χ2v) is 4.69. The van der Waals surface area contributed by atoms with Gasteiger partial charge in [-0.1, -0.05) is 12.2 Å². The van der Waals surface area contributed by atoms with Crippen molar-refractivity contribution >= 4 is 39.3 Å². The Balaban J connectivity index is 2.25. The average molecular weight is 150 g/mol. The quantitative estimate of drug-likeness (QED) is 0.486. The highest BCUT2D eigenvalue weighted by Crippen LogP contribution is 2.24. The minimum Gasteiger partial charge on any atom is -0.108 e. The van der Waals surface area contributed by atoms with Crippen LogP contribution in [0.15, 0.2) is 0 Å². The lowest BCUT2D eigenvalue weighted by Crippen LogP contribution is -1.95. The normalized spacial score (nSPS) is 22.6. The Morgan fingerprint density at radius 3 is 2.14 bits per heavy atom. The van der Waals surface area contributed by atoms with Crippen molar-refractivity contribution < 1.29 is 0 Å². The van der Waals surface area contributed by atoms with Gasteiger partial charge in [-0.25, -0.2) is 0 Å². The van der Waals surface area contributed by atoms with E-state index in [1.807, 2.05) is 23.5 Å². The van der Waals surface area contributed by atoms with Crippen LogP contribution in [0, 0.1) is 0 Å². The van der Waals surface area contributed by atoms with Crippen LogP contribution in [-0.2, 0) is 0 Å². The van der Waals surface area contributed by atoms with E-state index < -0.39 is 0 Å². The lowest BCUT2D eigenvalue weighted by molar-refractivity contribution is 1.13. The summed E-state index contributed by atoms with van der Waals surface area (Å²) < 4.78 is 1.13. The van der Waals surface area contributed by atoms with Gasteiger partial charge in [0.05, 0.1) is 0 Å². The molecule has 7 heavy (non-hydrogen) atoms. The third kappa shape index (κ3) is 2.02. The van der Waals surface area contributed by atoms with Gasteiger partial charge in [-0.3, -0.25) is 0 Å². The maximum atomic E-state index is 4.93. The molecule has 1 saturated heterocycles.